The van der Waals surface area contributed by atoms with Gasteiger partial charge in [-0.05, 0) is 25.0 Å². The van der Waals surface area contributed by atoms with Gasteiger partial charge in [0.05, 0.1) is 11.9 Å². The summed E-state index contributed by atoms with van der Waals surface area (Å²) in [5, 5.41) is 19.0. The molecule has 0 aliphatic carbocycles. The van der Waals surface area contributed by atoms with Crippen LogP contribution in [-0.4, -0.2) is 41.5 Å². The Morgan fingerprint density at radius 1 is 0.929 bits per heavy atom. The number of hydrogen-bond donors (Lipinski definition) is 0. The Labute approximate surface area is 116 Å². The van der Waals surface area contributed by atoms with Crippen LogP contribution >= 0.6 is 0 Å². The minimum absolute atomic E-state index is 0. The predicted molar refractivity (Wildman–Crippen MR) is 46.8 cm³/mol. The van der Waals surface area contributed by atoms with Gasteiger partial charge in [0.2, 0.25) is 0 Å². The number of carboxylic acids is 2. The normalized spacial score (nSPS) is 6.43. The van der Waals surface area contributed by atoms with Crippen molar-refractivity contribution in [1.82, 2.24) is 0 Å². The fraction of sp³-hybridized carbons (Fsp3) is 0.250. The molecule has 0 aliphatic heterocycles. The maximum atomic E-state index is 9.49. The van der Waals surface area contributed by atoms with Crippen molar-refractivity contribution < 1.29 is 36.6 Å². The molecule has 0 aromatic carbocycles. The van der Waals surface area contributed by atoms with E-state index in [4.69, 9.17) is 0 Å². The summed E-state index contributed by atoms with van der Waals surface area (Å²) >= 11 is 0. The summed E-state index contributed by atoms with van der Waals surface area (Å²) in [5.74, 6) is -2.37. The summed E-state index contributed by atoms with van der Waals surface area (Å²) in [7, 11) is 0. The Kier molecular flexibility index (Phi) is 21.8. The third-order valence-corrected chi connectivity index (χ3v) is 0.697. The van der Waals surface area contributed by atoms with Crippen molar-refractivity contribution in [2.24, 2.45) is 0 Å². The van der Waals surface area contributed by atoms with E-state index in [-0.39, 0.29) is 57.5 Å². The van der Waals surface area contributed by atoms with Crippen LogP contribution in [0.15, 0.2) is 24.3 Å². The van der Waals surface area contributed by atoms with Crippen LogP contribution in [0.5, 0.6) is 0 Å². The molecule has 0 spiro atoms. The zero-order valence-corrected chi connectivity index (χ0v) is 8.42. The van der Waals surface area contributed by atoms with Gasteiger partial charge in [0, 0.05) is 0 Å². The zero-order valence-electron chi connectivity index (χ0n) is 7.38. The van der Waals surface area contributed by atoms with E-state index in [0.29, 0.717) is 0 Å². The molecule has 14 heavy (non-hydrogen) atoms. The van der Waals surface area contributed by atoms with Crippen LogP contribution in [0.2, 0.25) is 0 Å². The van der Waals surface area contributed by atoms with Crippen molar-refractivity contribution in [3.8, 4) is 0 Å². The van der Waals surface area contributed by atoms with Gasteiger partial charge in [-0.25, -0.2) is 0 Å². The summed E-state index contributed by atoms with van der Waals surface area (Å²) in [6, 6.07) is 0. The summed E-state index contributed by atoms with van der Waals surface area (Å²) in [4.78, 5) is 19.0. The van der Waals surface area contributed by atoms with E-state index in [0.717, 1.165) is 0 Å². The van der Waals surface area contributed by atoms with E-state index in [1.807, 2.05) is 0 Å². The second-order valence-electron chi connectivity index (χ2n) is 2.14. The molecule has 6 heteroatoms. The first-order valence-corrected chi connectivity index (χ1v) is 3.02. The molecule has 0 saturated carbocycles. The fourth-order valence-electron chi connectivity index (χ4n) is 0. The first-order valence-electron chi connectivity index (χ1n) is 3.02. The topological polar surface area (TPSA) is 80.3 Å². The Bertz CT molecular complexity index is 177. The van der Waals surface area contributed by atoms with Gasteiger partial charge >= 0.3 is 46.3 Å². The molecule has 0 atom stereocenters. The molecule has 0 heterocycles. The van der Waals surface area contributed by atoms with Crippen LogP contribution in [0.4, 0.5) is 0 Å². The second-order valence-corrected chi connectivity index (χ2v) is 2.14. The summed E-state index contributed by atoms with van der Waals surface area (Å²) in [6.45, 7) is 8.95. The molecule has 0 unspecified atom stereocenters. The Hall–Kier alpha value is -0.0735. The van der Waals surface area contributed by atoms with Gasteiger partial charge in [0.15, 0.2) is 0 Å². The molecule has 0 aromatic rings. The molecule has 0 N–H and O–H groups in total. The standard InChI is InChI=1S/2C4H6O2.Co.Na.H/c2*1-3(2)4(5)6;;;/h2*1H2,2H3,(H,5,6);;;/q;;+2;;/p-2. The van der Waals surface area contributed by atoms with Gasteiger partial charge in [-0.1, -0.05) is 13.2 Å². The molecule has 4 nitrogen and oxygen atoms in total. The first-order chi connectivity index (χ1) is 5.29. The minimum atomic E-state index is -1.19. The van der Waals surface area contributed by atoms with Crippen molar-refractivity contribution in [3.05, 3.63) is 24.3 Å². The molecule has 0 aromatic heterocycles. The quantitative estimate of drug-likeness (QED) is 0.420. The molecule has 77 valence electrons. The van der Waals surface area contributed by atoms with Gasteiger partial charge in [0.25, 0.3) is 0 Å². The molecule has 0 bridgehead atoms. The Morgan fingerprint density at radius 3 is 1.00 bits per heavy atom. The molecule has 0 rings (SSSR count). The van der Waals surface area contributed by atoms with E-state index in [1.54, 1.807) is 0 Å². The molecular weight excluding hydrogens is 242 g/mol. The molecule has 1 radical (unpaired) electrons. The van der Waals surface area contributed by atoms with E-state index >= 15 is 0 Å². The van der Waals surface area contributed by atoms with E-state index in [2.05, 4.69) is 13.2 Å². The second kappa shape index (κ2) is 12.9. The molecule has 0 saturated heterocycles. The van der Waals surface area contributed by atoms with Gasteiger partial charge < -0.3 is 19.8 Å². The average molecular weight is 253 g/mol. The molecular formula is C8H11CoNaO4. The monoisotopic (exact) mass is 253 g/mol. The summed E-state index contributed by atoms with van der Waals surface area (Å²) in [5.41, 5.74) is 0.130. The van der Waals surface area contributed by atoms with Gasteiger partial charge in [-0.3, -0.25) is 0 Å². The molecule has 0 fully saturated rings. The van der Waals surface area contributed by atoms with E-state index in [9.17, 15) is 19.8 Å². The Morgan fingerprint density at radius 2 is 1.00 bits per heavy atom. The Balaban J connectivity index is -0.0000000625. The number of rotatable bonds is 2. The maximum absolute atomic E-state index is 9.49. The van der Waals surface area contributed by atoms with Crippen LogP contribution in [0.25, 0.3) is 0 Å². The van der Waals surface area contributed by atoms with Crippen LogP contribution in [0.1, 0.15) is 13.8 Å². The third kappa shape index (κ3) is 22.7. The van der Waals surface area contributed by atoms with Gasteiger partial charge in [-0.15, -0.1) is 0 Å². The molecule has 0 aliphatic rings. The average Bonchev–Trinajstić information content (AvgIpc) is 1.88. The zero-order chi connectivity index (χ0) is 10.3. The van der Waals surface area contributed by atoms with Gasteiger partial charge in [0.1, 0.15) is 0 Å². The fourth-order valence-corrected chi connectivity index (χ4v) is 0. The first kappa shape index (κ1) is 23.6. The van der Waals surface area contributed by atoms with E-state index in [1.165, 1.54) is 13.8 Å². The summed E-state index contributed by atoms with van der Waals surface area (Å²) < 4.78 is 0. The van der Waals surface area contributed by atoms with E-state index < -0.39 is 11.9 Å². The van der Waals surface area contributed by atoms with Crippen molar-refractivity contribution in [2.75, 3.05) is 0 Å². The van der Waals surface area contributed by atoms with Crippen molar-refractivity contribution in [3.63, 3.8) is 0 Å². The predicted octanol–water partition coefficient (Wildman–Crippen LogP) is -2.03. The van der Waals surface area contributed by atoms with Crippen LogP contribution in [-0.2, 0) is 26.4 Å². The number of hydrogen-bond acceptors (Lipinski definition) is 4. The van der Waals surface area contributed by atoms with Crippen LogP contribution < -0.4 is 10.2 Å². The van der Waals surface area contributed by atoms with Crippen molar-refractivity contribution in [2.45, 2.75) is 13.8 Å². The SMILES string of the molecule is C=C(C)C(=O)[O-].C=C(C)C(=O)[O-].[Co+2].[NaH]. The molecule has 0 amide bonds. The van der Waals surface area contributed by atoms with Crippen LogP contribution in [0.3, 0.4) is 0 Å². The summed E-state index contributed by atoms with van der Waals surface area (Å²) in [6.07, 6.45) is 0. The van der Waals surface area contributed by atoms with Crippen molar-refractivity contribution >= 4 is 41.5 Å². The number of carbonyl (C=O) groups is 2. The van der Waals surface area contributed by atoms with Crippen LogP contribution in [0, 0.1) is 0 Å². The number of carboxylic acid groups (broad SMARTS) is 2. The third-order valence-electron chi connectivity index (χ3n) is 0.697. The number of carbonyl (C=O) groups excluding carboxylic acids is 2. The van der Waals surface area contributed by atoms with Crippen molar-refractivity contribution in [1.29, 1.82) is 0 Å². The van der Waals surface area contributed by atoms with Gasteiger partial charge in [-0.2, -0.15) is 0 Å². The number of aliphatic carboxylic acids is 2.